The summed E-state index contributed by atoms with van der Waals surface area (Å²) in [7, 11) is -2.92. The van der Waals surface area contributed by atoms with Gasteiger partial charge in [0.25, 0.3) is 0 Å². The van der Waals surface area contributed by atoms with E-state index in [2.05, 4.69) is 19.1 Å². The van der Waals surface area contributed by atoms with E-state index in [0.717, 1.165) is 6.42 Å². The summed E-state index contributed by atoms with van der Waals surface area (Å²) < 4.78 is 23.5. The number of aryl methyl sites for hydroxylation is 1. The van der Waals surface area contributed by atoms with Crippen molar-refractivity contribution in [2.24, 2.45) is 0 Å². The molecule has 2 atom stereocenters. The Balaban J connectivity index is 2.14. The lowest BCUT2D eigenvalue weighted by Gasteiger charge is -2.17. The van der Waals surface area contributed by atoms with Crippen molar-refractivity contribution in [3.63, 3.8) is 0 Å². The van der Waals surface area contributed by atoms with Gasteiger partial charge >= 0.3 is 7.60 Å². The fourth-order valence-corrected chi connectivity index (χ4v) is 4.72. The normalized spacial score (nSPS) is 23.1. The van der Waals surface area contributed by atoms with Crippen LogP contribution in [0.1, 0.15) is 37.3 Å². The first-order valence-electron chi connectivity index (χ1n) is 6.56. The quantitative estimate of drug-likeness (QED) is 0.728. The molecule has 0 aliphatic heterocycles. The lowest BCUT2D eigenvalue weighted by Crippen LogP contribution is -2.02. The maximum Gasteiger partial charge on any atom is 0.334 e. The van der Waals surface area contributed by atoms with Crippen LogP contribution in [0, 0.1) is 6.92 Å². The van der Waals surface area contributed by atoms with Crippen LogP contribution in [0.25, 0.3) is 0 Å². The van der Waals surface area contributed by atoms with Crippen LogP contribution in [-0.4, -0.2) is 18.9 Å². The zero-order chi connectivity index (χ0) is 13.2. The zero-order valence-corrected chi connectivity index (χ0v) is 12.2. The monoisotopic (exact) mass is 268 g/mol. The number of hydrogen-bond acceptors (Lipinski definition) is 3. The molecule has 2 rings (SSSR count). The molecular formula is C14H21O3P. The van der Waals surface area contributed by atoms with Gasteiger partial charge in [0.15, 0.2) is 0 Å². The van der Waals surface area contributed by atoms with E-state index >= 15 is 0 Å². The summed E-state index contributed by atoms with van der Waals surface area (Å²) in [4.78, 5) is 0. The summed E-state index contributed by atoms with van der Waals surface area (Å²) in [6.07, 6.45) is 0.905. The molecule has 0 bridgehead atoms. The van der Waals surface area contributed by atoms with Crippen LogP contribution in [0.15, 0.2) is 24.3 Å². The predicted molar refractivity (Wildman–Crippen MR) is 73.2 cm³/mol. The van der Waals surface area contributed by atoms with E-state index < -0.39 is 7.60 Å². The van der Waals surface area contributed by atoms with Gasteiger partial charge < -0.3 is 9.05 Å². The lowest BCUT2D eigenvalue weighted by atomic mass is 10.1. The largest absolute Gasteiger partial charge is 0.334 e. The fraction of sp³-hybridized carbons (Fsp3) is 0.571. The maximum atomic E-state index is 12.6. The maximum absolute atomic E-state index is 12.6. The molecule has 0 aromatic heterocycles. The van der Waals surface area contributed by atoms with Crippen molar-refractivity contribution in [1.82, 2.24) is 0 Å². The molecule has 3 nitrogen and oxygen atoms in total. The van der Waals surface area contributed by atoms with Gasteiger partial charge in [-0.1, -0.05) is 24.3 Å². The summed E-state index contributed by atoms with van der Waals surface area (Å²) in [6.45, 7) is 6.69. The van der Waals surface area contributed by atoms with Crippen LogP contribution in [0.4, 0.5) is 0 Å². The van der Waals surface area contributed by atoms with Crippen LogP contribution in [0.5, 0.6) is 0 Å². The zero-order valence-electron chi connectivity index (χ0n) is 11.3. The highest BCUT2D eigenvalue weighted by Gasteiger charge is 2.53. The Labute approximate surface area is 109 Å². The molecule has 1 aromatic carbocycles. The molecule has 1 aromatic rings. The average Bonchev–Trinajstić information content (AvgIpc) is 3.11. The minimum Gasteiger partial charge on any atom is -0.309 e. The molecule has 0 radical (unpaired) electrons. The van der Waals surface area contributed by atoms with E-state index in [-0.39, 0.29) is 5.66 Å². The van der Waals surface area contributed by atoms with Gasteiger partial charge in [0, 0.05) is 0 Å². The Hall–Kier alpha value is -0.630. The number of rotatable bonds is 6. The summed E-state index contributed by atoms with van der Waals surface area (Å²) >= 11 is 0. The highest BCUT2D eigenvalue weighted by atomic mass is 31.2. The van der Waals surface area contributed by atoms with Gasteiger partial charge in [-0.05, 0) is 44.2 Å². The molecule has 1 aliphatic rings. The molecule has 0 heterocycles. The molecule has 1 aliphatic carbocycles. The third kappa shape index (κ3) is 2.69. The predicted octanol–water partition coefficient (Wildman–Crippen LogP) is 4.12. The molecule has 1 fully saturated rings. The third-order valence-corrected chi connectivity index (χ3v) is 5.99. The Morgan fingerprint density at radius 1 is 1.22 bits per heavy atom. The van der Waals surface area contributed by atoms with E-state index in [4.69, 9.17) is 9.05 Å². The number of benzene rings is 1. The molecule has 0 spiro atoms. The summed E-state index contributed by atoms with van der Waals surface area (Å²) in [5.41, 5.74) is 2.57. The first kappa shape index (κ1) is 13.8. The molecule has 4 heteroatoms. The topological polar surface area (TPSA) is 35.5 Å². The second-order valence-electron chi connectivity index (χ2n) is 4.64. The highest BCUT2D eigenvalue weighted by Crippen LogP contribution is 2.68. The number of hydrogen-bond donors (Lipinski definition) is 0. The second kappa shape index (κ2) is 5.56. The van der Waals surface area contributed by atoms with Crippen LogP contribution in [0.3, 0.4) is 0 Å². The Kier molecular flexibility index (Phi) is 4.26. The van der Waals surface area contributed by atoms with E-state index in [1.165, 1.54) is 11.1 Å². The van der Waals surface area contributed by atoms with E-state index in [1.807, 2.05) is 26.0 Å². The Morgan fingerprint density at radius 2 is 1.83 bits per heavy atom. The van der Waals surface area contributed by atoms with E-state index in [1.54, 1.807) is 0 Å². The molecule has 0 N–H and O–H groups in total. The highest BCUT2D eigenvalue weighted by molar-refractivity contribution is 7.55. The molecule has 18 heavy (non-hydrogen) atoms. The van der Waals surface area contributed by atoms with Gasteiger partial charge in [-0.2, -0.15) is 0 Å². The van der Waals surface area contributed by atoms with Crippen molar-refractivity contribution in [2.45, 2.75) is 38.8 Å². The van der Waals surface area contributed by atoms with E-state index in [9.17, 15) is 4.57 Å². The van der Waals surface area contributed by atoms with Crippen molar-refractivity contribution in [2.75, 3.05) is 13.2 Å². The first-order valence-corrected chi connectivity index (χ1v) is 8.18. The van der Waals surface area contributed by atoms with E-state index in [0.29, 0.717) is 19.1 Å². The van der Waals surface area contributed by atoms with Crippen molar-refractivity contribution < 1.29 is 13.6 Å². The van der Waals surface area contributed by atoms with Crippen molar-refractivity contribution in [1.29, 1.82) is 0 Å². The standard InChI is InChI=1S/C14H21O3P/c1-4-16-18(15,17-5-2)14-10-13(14)12-9-7-6-8-11(12)3/h6-9,13-14H,4-5,10H2,1-3H3/t13-,14+/m0/s1. The van der Waals surface area contributed by atoms with Gasteiger partial charge in [0.1, 0.15) is 0 Å². The minimum atomic E-state index is -2.92. The van der Waals surface area contributed by atoms with Gasteiger partial charge in [-0.25, -0.2) is 0 Å². The summed E-state index contributed by atoms with van der Waals surface area (Å²) in [6, 6.07) is 8.27. The second-order valence-corrected chi connectivity index (χ2v) is 6.90. The molecular weight excluding hydrogens is 247 g/mol. The van der Waals surface area contributed by atoms with Crippen LogP contribution < -0.4 is 0 Å². The molecule has 0 unspecified atom stereocenters. The smallest absolute Gasteiger partial charge is 0.309 e. The Bertz CT molecular complexity index is 448. The van der Waals surface area contributed by atoms with Gasteiger partial charge in [-0.3, -0.25) is 4.57 Å². The molecule has 0 saturated heterocycles. The SMILES string of the molecule is CCOP(=O)(OCC)[C@@H]1C[C@H]1c1ccccc1C. The Morgan fingerprint density at radius 3 is 2.39 bits per heavy atom. The molecule has 100 valence electrons. The van der Waals surface area contributed by atoms with Gasteiger partial charge in [0.05, 0.1) is 18.9 Å². The molecule has 1 saturated carbocycles. The van der Waals surface area contributed by atoms with Gasteiger partial charge in [-0.15, -0.1) is 0 Å². The average molecular weight is 268 g/mol. The van der Waals surface area contributed by atoms with Crippen LogP contribution >= 0.6 is 7.60 Å². The lowest BCUT2D eigenvalue weighted by molar-refractivity contribution is 0.218. The van der Waals surface area contributed by atoms with Gasteiger partial charge in [0.2, 0.25) is 0 Å². The fourth-order valence-electron chi connectivity index (χ4n) is 2.46. The molecule has 0 amide bonds. The van der Waals surface area contributed by atoms with Crippen molar-refractivity contribution >= 4 is 7.60 Å². The first-order chi connectivity index (χ1) is 8.62. The third-order valence-electron chi connectivity index (χ3n) is 3.37. The van der Waals surface area contributed by atoms with Crippen molar-refractivity contribution in [3.05, 3.63) is 35.4 Å². The van der Waals surface area contributed by atoms with Crippen molar-refractivity contribution in [3.8, 4) is 0 Å². The summed E-state index contributed by atoms with van der Waals surface area (Å²) in [5.74, 6) is 0.329. The minimum absolute atomic E-state index is 0.0403. The van der Waals surface area contributed by atoms with Crippen LogP contribution in [-0.2, 0) is 13.6 Å². The summed E-state index contributed by atoms with van der Waals surface area (Å²) in [5, 5.41) is 0. The van der Waals surface area contributed by atoms with Crippen LogP contribution in [0.2, 0.25) is 0 Å².